The Balaban J connectivity index is 1.54. The third-order valence-electron chi connectivity index (χ3n) is 10.3. The predicted molar refractivity (Wildman–Crippen MR) is 172 cm³/mol. The number of rotatable bonds is 4. The molecule has 6 unspecified atom stereocenters. The average molecular weight is 615 g/mol. The average Bonchev–Trinajstić information content (AvgIpc) is 3.13. The van der Waals surface area contributed by atoms with E-state index in [0.717, 1.165) is 74.5 Å². The molecule has 1 fully saturated rings. The minimum atomic E-state index is -1.48. The highest BCUT2D eigenvalue weighted by atomic mass is 35.5. The van der Waals surface area contributed by atoms with Gasteiger partial charge >= 0.3 is 0 Å². The van der Waals surface area contributed by atoms with E-state index in [0.29, 0.717) is 24.0 Å². The zero-order valence-corrected chi connectivity index (χ0v) is 27.4. The van der Waals surface area contributed by atoms with Crippen LogP contribution in [-0.4, -0.2) is 47.8 Å². The smallest absolute Gasteiger partial charge is 0.263 e. The van der Waals surface area contributed by atoms with Crippen LogP contribution in [0.1, 0.15) is 93.6 Å². The van der Waals surface area contributed by atoms with E-state index >= 15 is 0 Å². The van der Waals surface area contributed by atoms with E-state index in [1.807, 2.05) is 32.2 Å². The second kappa shape index (κ2) is 13.3. The fourth-order valence-electron chi connectivity index (χ4n) is 7.23. The Morgan fingerprint density at radius 2 is 1.95 bits per heavy atom. The predicted octanol–water partition coefficient (Wildman–Crippen LogP) is 7.31. The van der Waals surface area contributed by atoms with E-state index in [2.05, 4.69) is 42.5 Å². The minimum absolute atomic E-state index is 0.148. The Morgan fingerprint density at radius 3 is 2.67 bits per heavy atom. The van der Waals surface area contributed by atoms with Gasteiger partial charge in [0.25, 0.3) is 5.91 Å². The fourth-order valence-corrected chi connectivity index (χ4v) is 8.47. The summed E-state index contributed by atoms with van der Waals surface area (Å²) in [5.74, 6) is 1.79. The summed E-state index contributed by atoms with van der Waals surface area (Å²) in [5.41, 5.74) is 3.79. The molecule has 2 bridgehead atoms. The lowest BCUT2D eigenvalue weighted by Gasteiger charge is -2.50. The molecule has 2 heterocycles. The SMILES string of the molecule is CCCc1cc(Cl)ccc1C1COc2ccc3cc2N(C1)CC1CCC1[C@@](C)(OC)CCCC(C)C(C)S(=O)NC3=O. The van der Waals surface area contributed by atoms with Crippen molar-refractivity contribution >= 4 is 34.2 Å². The number of benzene rings is 2. The summed E-state index contributed by atoms with van der Waals surface area (Å²) in [4.78, 5) is 15.8. The molecule has 0 saturated heterocycles. The number of hydrogen-bond acceptors (Lipinski definition) is 5. The molecule has 1 aliphatic carbocycles. The lowest BCUT2D eigenvalue weighted by molar-refractivity contribution is -0.103. The largest absolute Gasteiger partial charge is 0.491 e. The molecule has 0 spiro atoms. The van der Waals surface area contributed by atoms with Crippen LogP contribution in [0.4, 0.5) is 5.69 Å². The van der Waals surface area contributed by atoms with Crippen LogP contribution in [0.25, 0.3) is 0 Å². The van der Waals surface area contributed by atoms with Gasteiger partial charge in [0.15, 0.2) is 0 Å². The van der Waals surface area contributed by atoms with Gasteiger partial charge in [0.1, 0.15) is 16.7 Å². The van der Waals surface area contributed by atoms with Gasteiger partial charge in [-0.15, -0.1) is 0 Å². The number of fused-ring (bicyclic) bond motifs is 2. The summed E-state index contributed by atoms with van der Waals surface area (Å²) in [7, 11) is 0.380. The van der Waals surface area contributed by atoms with Gasteiger partial charge in [-0.1, -0.05) is 44.4 Å². The molecule has 0 aromatic heterocycles. The molecule has 3 aliphatic rings. The first-order chi connectivity index (χ1) is 20.1. The molecule has 230 valence electrons. The van der Waals surface area contributed by atoms with Crippen LogP contribution in [0.15, 0.2) is 36.4 Å². The maximum atomic E-state index is 13.3. The van der Waals surface area contributed by atoms with Gasteiger partial charge in [0.2, 0.25) is 0 Å². The normalized spacial score (nSPS) is 32.1. The number of amides is 1. The third kappa shape index (κ3) is 6.53. The number of nitrogens with one attached hydrogen (secondary N) is 1. The molecular weight excluding hydrogens is 568 g/mol. The molecule has 0 radical (unpaired) electrons. The van der Waals surface area contributed by atoms with Crippen molar-refractivity contribution in [1.29, 1.82) is 0 Å². The van der Waals surface area contributed by atoms with E-state index in [1.165, 1.54) is 11.1 Å². The lowest BCUT2D eigenvalue weighted by atomic mass is 9.63. The van der Waals surface area contributed by atoms with Crippen molar-refractivity contribution in [3.05, 3.63) is 58.1 Å². The number of carbonyl (C=O) groups is 1. The van der Waals surface area contributed by atoms with E-state index in [-0.39, 0.29) is 28.6 Å². The second-order valence-electron chi connectivity index (χ2n) is 13.0. The highest BCUT2D eigenvalue weighted by Crippen LogP contribution is 2.48. The monoisotopic (exact) mass is 614 g/mol. The summed E-state index contributed by atoms with van der Waals surface area (Å²) >= 11 is 6.42. The lowest BCUT2D eigenvalue weighted by Crippen LogP contribution is -2.50. The van der Waals surface area contributed by atoms with E-state index in [1.54, 1.807) is 6.07 Å². The molecule has 2 aromatic rings. The van der Waals surface area contributed by atoms with Gasteiger partial charge in [-0.3, -0.25) is 9.52 Å². The van der Waals surface area contributed by atoms with Crippen LogP contribution in [0.2, 0.25) is 5.02 Å². The van der Waals surface area contributed by atoms with E-state index < -0.39 is 11.0 Å². The van der Waals surface area contributed by atoms with E-state index in [4.69, 9.17) is 21.1 Å². The summed E-state index contributed by atoms with van der Waals surface area (Å²) in [6.45, 7) is 10.8. The van der Waals surface area contributed by atoms with Crippen LogP contribution >= 0.6 is 11.6 Å². The number of carbonyl (C=O) groups excluding carboxylic acids is 1. The highest BCUT2D eigenvalue weighted by molar-refractivity contribution is 7.84. The summed E-state index contributed by atoms with van der Waals surface area (Å²) < 4.78 is 28.7. The quantitative estimate of drug-likeness (QED) is 0.391. The zero-order valence-electron chi connectivity index (χ0n) is 25.8. The Kier molecular flexibility index (Phi) is 9.90. The van der Waals surface area contributed by atoms with Gasteiger partial charge < -0.3 is 14.4 Å². The van der Waals surface area contributed by atoms with Crippen molar-refractivity contribution < 1.29 is 18.5 Å². The van der Waals surface area contributed by atoms with Crippen molar-refractivity contribution in [3.8, 4) is 5.75 Å². The Hall–Kier alpha value is -2.09. The second-order valence-corrected chi connectivity index (χ2v) is 14.9. The van der Waals surface area contributed by atoms with Gasteiger partial charge in [-0.25, -0.2) is 4.21 Å². The van der Waals surface area contributed by atoms with Crippen molar-refractivity contribution in [1.82, 2.24) is 4.72 Å². The Labute approximate surface area is 259 Å². The number of halogens is 1. The number of hydrogen-bond donors (Lipinski definition) is 1. The Morgan fingerprint density at radius 1 is 1.14 bits per heavy atom. The Bertz CT molecular complexity index is 1300. The maximum Gasteiger partial charge on any atom is 0.263 e. The van der Waals surface area contributed by atoms with Crippen LogP contribution in [0.5, 0.6) is 5.75 Å². The maximum absolute atomic E-state index is 13.3. The van der Waals surface area contributed by atoms with Crippen molar-refractivity contribution in [2.75, 3.05) is 31.7 Å². The van der Waals surface area contributed by atoms with Crippen LogP contribution < -0.4 is 14.4 Å². The number of nitrogens with zero attached hydrogens (tertiary/aromatic N) is 1. The summed E-state index contributed by atoms with van der Waals surface area (Å²) in [6.07, 6.45) is 7.25. The molecule has 1 amide bonds. The zero-order chi connectivity index (χ0) is 30.0. The summed E-state index contributed by atoms with van der Waals surface area (Å²) in [6, 6.07) is 11.9. The number of methoxy groups -OCH3 is 1. The van der Waals surface area contributed by atoms with Gasteiger partial charge in [0, 0.05) is 36.7 Å². The molecule has 1 N–H and O–H groups in total. The fraction of sp³-hybridized carbons (Fsp3) is 0.618. The number of anilines is 1. The number of ether oxygens (including phenoxy) is 2. The first-order valence-corrected chi connectivity index (χ1v) is 17.3. The molecule has 7 atom stereocenters. The van der Waals surface area contributed by atoms with E-state index in [9.17, 15) is 9.00 Å². The van der Waals surface area contributed by atoms with Crippen molar-refractivity contribution in [3.63, 3.8) is 0 Å². The van der Waals surface area contributed by atoms with Crippen molar-refractivity contribution in [2.24, 2.45) is 17.8 Å². The first kappa shape index (κ1) is 31.3. The molecule has 42 heavy (non-hydrogen) atoms. The molecule has 2 aromatic carbocycles. The molecule has 6 nitrogen and oxygen atoms in total. The standard InChI is InChI=1S/C34H47ClN2O4S/c1-6-8-24-17-28(35)12-13-29(24)27-20-37-19-26-10-14-30(26)34(4,40-5)16-7-9-22(2)23(3)42(39)36-33(38)25-11-15-32(41-21-27)31(37)18-25/h11-13,15,17-18,22-23,26-27,30H,6-10,14,16,19-21H2,1-5H3,(H,36,38)/t22?,23?,26?,27?,30?,34-,42?/m0/s1. The van der Waals surface area contributed by atoms with Gasteiger partial charge in [0.05, 0.1) is 23.1 Å². The molecular formula is C34H47ClN2O4S. The van der Waals surface area contributed by atoms with Crippen LogP contribution in [-0.2, 0) is 22.1 Å². The molecule has 2 aliphatic heterocycles. The minimum Gasteiger partial charge on any atom is -0.491 e. The topological polar surface area (TPSA) is 67.9 Å². The van der Waals surface area contributed by atoms with Crippen LogP contribution in [0, 0.1) is 17.8 Å². The number of aryl methyl sites for hydroxylation is 1. The highest BCUT2D eigenvalue weighted by Gasteiger charge is 2.46. The molecule has 5 rings (SSSR count). The molecule has 1 saturated carbocycles. The van der Waals surface area contributed by atoms with Crippen molar-refractivity contribution in [2.45, 2.75) is 89.4 Å². The van der Waals surface area contributed by atoms with Crippen LogP contribution in [0.3, 0.4) is 0 Å². The van der Waals surface area contributed by atoms with Gasteiger partial charge in [-0.2, -0.15) is 0 Å². The summed E-state index contributed by atoms with van der Waals surface area (Å²) in [5, 5.41) is 0.614. The first-order valence-electron chi connectivity index (χ1n) is 15.7. The molecule has 8 heteroatoms. The third-order valence-corrected chi connectivity index (χ3v) is 12.1. The van der Waals surface area contributed by atoms with Gasteiger partial charge in [-0.05, 0) is 105 Å².